The summed E-state index contributed by atoms with van der Waals surface area (Å²) < 4.78 is 7.98. The summed E-state index contributed by atoms with van der Waals surface area (Å²) in [5.41, 5.74) is 1.32. The Hall–Kier alpha value is -2.01. The number of hydrogen-bond donors (Lipinski definition) is 2. The third-order valence-electron chi connectivity index (χ3n) is 4.24. The van der Waals surface area contributed by atoms with E-state index in [4.69, 9.17) is 4.74 Å². The highest BCUT2D eigenvalue weighted by molar-refractivity contribution is 5.37. The van der Waals surface area contributed by atoms with Gasteiger partial charge < -0.3 is 15.4 Å². The number of benzene rings is 1. The molecule has 2 aromatic rings. The fourth-order valence-electron chi connectivity index (χ4n) is 3.14. The van der Waals surface area contributed by atoms with Crippen molar-refractivity contribution in [2.45, 2.75) is 19.1 Å². The van der Waals surface area contributed by atoms with E-state index in [1.807, 2.05) is 23.0 Å². The normalized spacial score (nSPS) is 23.0. The minimum Gasteiger partial charge on any atom is -0.488 e. The van der Waals surface area contributed by atoms with Crippen LogP contribution in [0.5, 0.6) is 5.75 Å². The molecular formula is C16H20N4O. The first-order valence-electron chi connectivity index (χ1n) is 7.59. The van der Waals surface area contributed by atoms with Gasteiger partial charge in [-0.2, -0.15) is 5.10 Å². The number of ether oxygens (including phenoxy) is 1. The highest BCUT2D eigenvalue weighted by atomic mass is 16.5. The Labute approximate surface area is 124 Å². The summed E-state index contributed by atoms with van der Waals surface area (Å²) >= 11 is 0. The van der Waals surface area contributed by atoms with E-state index in [0.717, 1.165) is 44.2 Å². The highest BCUT2D eigenvalue weighted by Crippen LogP contribution is 2.27. The molecule has 1 aromatic carbocycles. The van der Waals surface area contributed by atoms with E-state index >= 15 is 0 Å². The van der Waals surface area contributed by atoms with Gasteiger partial charge in [0, 0.05) is 44.6 Å². The van der Waals surface area contributed by atoms with E-state index in [1.54, 1.807) is 0 Å². The number of rotatable bonds is 4. The molecule has 2 aliphatic rings. The molecular weight excluding hydrogens is 264 g/mol. The zero-order valence-electron chi connectivity index (χ0n) is 12.0. The molecule has 0 bridgehead atoms. The molecule has 0 saturated heterocycles. The van der Waals surface area contributed by atoms with Crippen LogP contribution in [0.15, 0.2) is 36.5 Å². The summed E-state index contributed by atoms with van der Waals surface area (Å²) in [5, 5.41) is 11.3. The van der Waals surface area contributed by atoms with Crippen molar-refractivity contribution in [1.82, 2.24) is 15.1 Å². The topological polar surface area (TPSA) is 51.1 Å². The van der Waals surface area contributed by atoms with E-state index in [2.05, 4.69) is 33.9 Å². The summed E-state index contributed by atoms with van der Waals surface area (Å²) in [7, 11) is 0. The minimum atomic E-state index is 0.263. The summed E-state index contributed by atoms with van der Waals surface area (Å²) in [6.07, 6.45) is 3.12. The van der Waals surface area contributed by atoms with E-state index in [9.17, 15) is 0 Å². The van der Waals surface area contributed by atoms with Crippen LogP contribution in [0.25, 0.3) is 0 Å². The maximum atomic E-state index is 5.94. The SMILES string of the molecule is c1ccc2c(c1)C[C@@H](CNC[C@@H]1CNc3ccnn3C1)O2. The van der Waals surface area contributed by atoms with E-state index in [-0.39, 0.29) is 6.10 Å². The van der Waals surface area contributed by atoms with Crippen LogP contribution in [0.4, 0.5) is 5.82 Å². The Morgan fingerprint density at radius 3 is 3.19 bits per heavy atom. The van der Waals surface area contributed by atoms with Crippen LogP contribution in [-0.4, -0.2) is 35.5 Å². The van der Waals surface area contributed by atoms with Crippen molar-refractivity contribution in [3.8, 4) is 5.75 Å². The monoisotopic (exact) mass is 284 g/mol. The smallest absolute Gasteiger partial charge is 0.124 e. The molecule has 5 nitrogen and oxygen atoms in total. The average molecular weight is 284 g/mol. The van der Waals surface area contributed by atoms with Crippen molar-refractivity contribution in [2.24, 2.45) is 5.92 Å². The number of anilines is 1. The maximum Gasteiger partial charge on any atom is 0.124 e. The molecule has 0 radical (unpaired) electrons. The average Bonchev–Trinajstić information content (AvgIpc) is 3.12. The lowest BCUT2D eigenvalue weighted by Crippen LogP contribution is -2.38. The van der Waals surface area contributed by atoms with Gasteiger partial charge in [0.1, 0.15) is 17.7 Å². The van der Waals surface area contributed by atoms with Gasteiger partial charge in [0.25, 0.3) is 0 Å². The van der Waals surface area contributed by atoms with Gasteiger partial charge in [-0.1, -0.05) is 18.2 Å². The molecule has 1 aromatic heterocycles. The summed E-state index contributed by atoms with van der Waals surface area (Å²) in [4.78, 5) is 0. The van der Waals surface area contributed by atoms with Crippen molar-refractivity contribution in [2.75, 3.05) is 25.0 Å². The molecule has 0 saturated carbocycles. The molecule has 2 aliphatic heterocycles. The highest BCUT2D eigenvalue weighted by Gasteiger charge is 2.23. The van der Waals surface area contributed by atoms with Gasteiger partial charge in [0.2, 0.25) is 0 Å². The largest absolute Gasteiger partial charge is 0.488 e. The fourth-order valence-corrected chi connectivity index (χ4v) is 3.14. The lowest BCUT2D eigenvalue weighted by atomic mass is 10.1. The van der Waals surface area contributed by atoms with Gasteiger partial charge in [-0.3, -0.25) is 0 Å². The quantitative estimate of drug-likeness (QED) is 0.894. The Kier molecular flexibility index (Phi) is 3.27. The second-order valence-corrected chi connectivity index (χ2v) is 5.86. The molecule has 0 fully saturated rings. The van der Waals surface area contributed by atoms with E-state index < -0.39 is 0 Å². The van der Waals surface area contributed by atoms with Crippen LogP contribution in [-0.2, 0) is 13.0 Å². The number of aromatic nitrogens is 2. The number of nitrogens with zero attached hydrogens (tertiary/aromatic N) is 2. The molecule has 21 heavy (non-hydrogen) atoms. The third kappa shape index (κ3) is 2.61. The lowest BCUT2D eigenvalue weighted by molar-refractivity contribution is 0.223. The molecule has 0 aliphatic carbocycles. The number of fused-ring (bicyclic) bond motifs is 2. The molecule has 110 valence electrons. The van der Waals surface area contributed by atoms with Crippen LogP contribution in [0.3, 0.4) is 0 Å². The van der Waals surface area contributed by atoms with Gasteiger partial charge in [-0.05, 0) is 11.6 Å². The second-order valence-electron chi connectivity index (χ2n) is 5.86. The van der Waals surface area contributed by atoms with Gasteiger partial charge in [0.15, 0.2) is 0 Å². The van der Waals surface area contributed by atoms with E-state index in [1.165, 1.54) is 5.56 Å². The number of nitrogens with one attached hydrogen (secondary N) is 2. The van der Waals surface area contributed by atoms with Crippen molar-refractivity contribution >= 4 is 5.82 Å². The zero-order chi connectivity index (χ0) is 14.1. The first-order valence-corrected chi connectivity index (χ1v) is 7.59. The summed E-state index contributed by atoms with van der Waals surface area (Å²) in [6, 6.07) is 10.3. The Bertz CT molecular complexity index is 597. The molecule has 0 spiro atoms. The Balaban J connectivity index is 1.25. The van der Waals surface area contributed by atoms with Gasteiger partial charge >= 0.3 is 0 Å². The van der Waals surface area contributed by atoms with Crippen molar-refractivity contribution in [3.05, 3.63) is 42.1 Å². The number of para-hydroxylation sites is 1. The predicted octanol–water partition coefficient (Wildman–Crippen LogP) is 1.52. The predicted molar refractivity (Wildman–Crippen MR) is 81.6 cm³/mol. The fraction of sp³-hybridized carbons (Fsp3) is 0.438. The first kappa shape index (κ1) is 12.7. The van der Waals surface area contributed by atoms with Crippen molar-refractivity contribution in [1.29, 1.82) is 0 Å². The number of hydrogen-bond acceptors (Lipinski definition) is 4. The molecule has 4 rings (SSSR count). The van der Waals surface area contributed by atoms with Crippen LogP contribution in [0.1, 0.15) is 5.56 Å². The Morgan fingerprint density at radius 2 is 2.24 bits per heavy atom. The Morgan fingerprint density at radius 1 is 1.29 bits per heavy atom. The lowest BCUT2D eigenvalue weighted by Gasteiger charge is -2.25. The van der Waals surface area contributed by atoms with E-state index in [0.29, 0.717) is 5.92 Å². The zero-order valence-corrected chi connectivity index (χ0v) is 12.0. The van der Waals surface area contributed by atoms with Crippen LogP contribution in [0, 0.1) is 5.92 Å². The standard InChI is InChI=1S/C16H20N4O/c1-2-4-15-13(3-1)7-14(21-15)10-17-8-12-9-18-16-5-6-19-20(16)11-12/h1-6,12,14,17-18H,7-11H2/t12-,14+/m1/s1. The minimum absolute atomic E-state index is 0.263. The molecule has 2 N–H and O–H groups in total. The maximum absolute atomic E-state index is 5.94. The van der Waals surface area contributed by atoms with Crippen molar-refractivity contribution in [3.63, 3.8) is 0 Å². The van der Waals surface area contributed by atoms with Crippen LogP contribution >= 0.6 is 0 Å². The molecule has 5 heteroatoms. The second kappa shape index (κ2) is 5.41. The van der Waals surface area contributed by atoms with Crippen LogP contribution < -0.4 is 15.4 Å². The molecule has 3 heterocycles. The molecule has 0 amide bonds. The third-order valence-corrected chi connectivity index (χ3v) is 4.24. The van der Waals surface area contributed by atoms with Gasteiger partial charge in [-0.15, -0.1) is 0 Å². The summed E-state index contributed by atoms with van der Waals surface area (Å²) in [6.45, 7) is 3.87. The summed E-state index contributed by atoms with van der Waals surface area (Å²) in [5.74, 6) is 2.74. The molecule has 2 atom stereocenters. The van der Waals surface area contributed by atoms with Crippen molar-refractivity contribution < 1.29 is 4.74 Å². The van der Waals surface area contributed by atoms with Gasteiger partial charge in [-0.25, -0.2) is 4.68 Å². The molecule has 0 unspecified atom stereocenters. The van der Waals surface area contributed by atoms with Gasteiger partial charge in [0.05, 0.1) is 6.20 Å². The van der Waals surface area contributed by atoms with Crippen LogP contribution in [0.2, 0.25) is 0 Å². The first-order chi connectivity index (χ1) is 10.4.